The smallest absolute Gasteiger partial charge is 0.00554 e. The summed E-state index contributed by atoms with van der Waals surface area (Å²) in [4.78, 5) is 11.3. The van der Waals surface area contributed by atoms with Gasteiger partial charge in [-0.15, -0.1) is 0 Å². The van der Waals surface area contributed by atoms with Crippen LogP contribution in [0.15, 0.2) is 76.7 Å². The third kappa shape index (κ3) is 174. The maximum atomic E-state index is 3.49. The molecule has 0 saturated heterocycles. The minimum atomic E-state index is 1.75. The molecule has 0 spiro atoms. The molecule has 0 saturated carbocycles. The van der Waals surface area contributed by atoms with Gasteiger partial charge in [-0.25, -0.2) is 0 Å². The van der Waals surface area contributed by atoms with Crippen LogP contribution < -0.4 is 0 Å². The molecule has 0 atom stereocenters. The van der Waals surface area contributed by atoms with Gasteiger partial charge in [0.05, 0.1) is 0 Å². The molecule has 6 nitrogen and oxygen atoms in total. The number of hydrogen-bond donors (Lipinski definition) is 0. The molecule has 0 aliphatic heterocycles. The summed E-state index contributed by atoms with van der Waals surface area (Å²) in [5, 5.41) is 0. The standard InChI is InChI=1S/6C4H9N/c6*1-4-5(2)3/h6*4H,1H2,2-3H3. The summed E-state index contributed by atoms with van der Waals surface area (Å²) in [5.74, 6) is 0. The van der Waals surface area contributed by atoms with E-state index in [1.807, 2.05) is 114 Å². The van der Waals surface area contributed by atoms with E-state index >= 15 is 0 Å². The van der Waals surface area contributed by atoms with Crippen molar-refractivity contribution in [2.75, 3.05) is 84.6 Å². The lowest BCUT2D eigenvalue weighted by Crippen LogP contribution is -1.97. The van der Waals surface area contributed by atoms with Crippen LogP contribution in [0.25, 0.3) is 0 Å². The van der Waals surface area contributed by atoms with Crippen molar-refractivity contribution in [1.29, 1.82) is 0 Å². The minimum absolute atomic E-state index is 1.75. The van der Waals surface area contributed by atoms with Gasteiger partial charge in [0.1, 0.15) is 0 Å². The monoisotopic (exact) mass is 426 g/mol. The van der Waals surface area contributed by atoms with E-state index in [0.29, 0.717) is 0 Å². The zero-order chi connectivity index (χ0) is 25.7. The largest absolute Gasteiger partial charge is 0.384 e. The first-order valence-electron chi connectivity index (χ1n) is 9.37. The Morgan fingerprint density at radius 3 is 0.300 bits per heavy atom. The zero-order valence-corrected chi connectivity index (χ0v) is 22.4. The molecule has 0 amide bonds. The maximum absolute atomic E-state index is 3.49. The second kappa shape index (κ2) is 37.1. The first-order valence-corrected chi connectivity index (χ1v) is 9.37. The highest BCUT2D eigenvalue weighted by molar-refractivity contribution is 4.61. The Morgan fingerprint density at radius 1 is 0.267 bits per heavy atom. The highest BCUT2D eigenvalue weighted by atomic mass is 15.0. The quantitative estimate of drug-likeness (QED) is 0.631. The third-order valence-corrected chi connectivity index (χ3v) is 2.19. The van der Waals surface area contributed by atoms with Crippen LogP contribution in [0.1, 0.15) is 0 Å². The molecule has 0 fully saturated rings. The van der Waals surface area contributed by atoms with Crippen molar-refractivity contribution in [2.45, 2.75) is 0 Å². The predicted octanol–water partition coefficient (Wildman–Crippen LogP) is 4.15. The molecule has 0 bridgehead atoms. The summed E-state index contributed by atoms with van der Waals surface area (Å²) < 4.78 is 0. The van der Waals surface area contributed by atoms with Gasteiger partial charge in [-0.05, 0) is 37.2 Å². The molecule has 0 aliphatic carbocycles. The Labute approximate surface area is 191 Å². The molecule has 0 radical (unpaired) electrons. The lowest BCUT2D eigenvalue weighted by Gasteiger charge is -1.98. The van der Waals surface area contributed by atoms with Crippen molar-refractivity contribution in [1.82, 2.24) is 29.4 Å². The maximum Gasteiger partial charge on any atom is 0.00554 e. The number of nitrogens with zero attached hydrogens (tertiary/aromatic N) is 6. The Bertz CT molecular complexity index is 277. The van der Waals surface area contributed by atoms with Gasteiger partial charge in [0.2, 0.25) is 0 Å². The number of rotatable bonds is 6. The van der Waals surface area contributed by atoms with Crippen molar-refractivity contribution in [3.8, 4) is 0 Å². The third-order valence-electron chi connectivity index (χ3n) is 2.19. The zero-order valence-electron chi connectivity index (χ0n) is 22.4. The van der Waals surface area contributed by atoms with Crippen LogP contribution in [-0.4, -0.2) is 114 Å². The minimum Gasteiger partial charge on any atom is -0.384 e. The van der Waals surface area contributed by atoms with E-state index in [4.69, 9.17) is 0 Å². The summed E-state index contributed by atoms with van der Waals surface area (Å²) in [5.41, 5.74) is 0. The van der Waals surface area contributed by atoms with Gasteiger partial charge in [-0.2, -0.15) is 0 Å². The first-order chi connectivity index (χ1) is 13.6. The molecule has 180 valence electrons. The molecule has 0 aromatic rings. The van der Waals surface area contributed by atoms with Crippen molar-refractivity contribution in [2.24, 2.45) is 0 Å². The molecular weight excluding hydrogens is 372 g/mol. The molecular formula is C24H54N6. The van der Waals surface area contributed by atoms with E-state index in [1.54, 1.807) is 37.2 Å². The van der Waals surface area contributed by atoms with Crippen LogP contribution in [-0.2, 0) is 0 Å². The van der Waals surface area contributed by atoms with Gasteiger partial charge in [0.15, 0.2) is 0 Å². The van der Waals surface area contributed by atoms with E-state index in [1.165, 1.54) is 0 Å². The fraction of sp³-hybridized carbons (Fsp3) is 0.500. The summed E-state index contributed by atoms with van der Waals surface area (Å²) in [6.45, 7) is 20.9. The fourth-order valence-electron chi connectivity index (χ4n) is 0. The average molecular weight is 427 g/mol. The summed E-state index contributed by atoms with van der Waals surface area (Å²) >= 11 is 0. The second-order valence-corrected chi connectivity index (χ2v) is 6.88. The van der Waals surface area contributed by atoms with E-state index in [-0.39, 0.29) is 0 Å². The summed E-state index contributed by atoms with van der Waals surface area (Å²) in [7, 11) is 23.2. The average Bonchev–Trinajstić information content (AvgIpc) is 2.69. The summed E-state index contributed by atoms with van der Waals surface area (Å²) in [6.07, 6.45) is 10.5. The highest BCUT2D eigenvalue weighted by Crippen LogP contribution is 1.66. The predicted molar refractivity (Wildman–Crippen MR) is 143 cm³/mol. The van der Waals surface area contributed by atoms with Gasteiger partial charge in [0.25, 0.3) is 0 Å². The Morgan fingerprint density at radius 2 is 0.300 bits per heavy atom. The van der Waals surface area contributed by atoms with E-state index in [0.717, 1.165) is 0 Å². The highest BCUT2D eigenvalue weighted by Gasteiger charge is 1.64. The summed E-state index contributed by atoms with van der Waals surface area (Å²) in [6, 6.07) is 0. The normalized spacial score (nSPS) is 6.80. The second-order valence-electron chi connectivity index (χ2n) is 6.88. The van der Waals surface area contributed by atoms with Gasteiger partial charge >= 0.3 is 0 Å². The van der Waals surface area contributed by atoms with Crippen LogP contribution in [0.3, 0.4) is 0 Å². The molecule has 0 aromatic carbocycles. The van der Waals surface area contributed by atoms with Crippen LogP contribution in [0.2, 0.25) is 0 Å². The first kappa shape index (κ1) is 41.6. The van der Waals surface area contributed by atoms with E-state index in [2.05, 4.69) is 39.5 Å². The molecule has 0 N–H and O–H groups in total. The molecule has 30 heavy (non-hydrogen) atoms. The Balaban J connectivity index is -0.0000000576. The van der Waals surface area contributed by atoms with Crippen LogP contribution in [0.5, 0.6) is 0 Å². The van der Waals surface area contributed by atoms with Crippen LogP contribution >= 0.6 is 0 Å². The Hall–Kier alpha value is -2.76. The van der Waals surface area contributed by atoms with Crippen molar-refractivity contribution < 1.29 is 0 Å². The van der Waals surface area contributed by atoms with Crippen LogP contribution in [0, 0.1) is 0 Å². The molecule has 0 heterocycles. The fourth-order valence-corrected chi connectivity index (χ4v) is 0. The lowest BCUT2D eigenvalue weighted by molar-refractivity contribution is 0.566. The van der Waals surface area contributed by atoms with Crippen LogP contribution in [0.4, 0.5) is 0 Å². The molecule has 0 aromatic heterocycles. The van der Waals surface area contributed by atoms with Gasteiger partial charge < -0.3 is 29.4 Å². The van der Waals surface area contributed by atoms with Gasteiger partial charge in [-0.1, -0.05) is 39.5 Å². The van der Waals surface area contributed by atoms with E-state index in [9.17, 15) is 0 Å². The molecule has 6 heteroatoms. The van der Waals surface area contributed by atoms with Crippen molar-refractivity contribution in [3.05, 3.63) is 76.7 Å². The van der Waals surface area contributed by atoms with Crippen molar-refractivity contribution >= 4 is 0 Å². The topological polar surface area (TPSA) is 19.4 Å². The van der Waals surface area contributed by atoms with Gasteiger partial charge in [-0.3, -0.25) is 0 Å². The molecule has 0 aliphatic rings. The van der Waals surface area contributed by atoms with Crippen molar-refractivity contribution in [3.63, 3.8) is 0 Å². The number of hydrogen-bond acceptors (Lipinski definition) is 6. The molecule has 0 unspecified atom stereocenters. The Kier molecular flexibility index (Phi) is 51.3. The SMILES string of the molecule is C=CN(C)C.C=CN(C)C.C=CN(C)C.C=CN(C)C.C=CN(C)C.C=CN(C)C. The lowest BCUT2D eigenvalue weighted by atomic mass is 10.9. The van der Waals surface area contributed by atoms with E-state index < -0.39 is 0 Å². The van der Waals surface area contributed by atoms with Gasteiger partial charge in [0, 0.05) is 84.6 Å². The molecule has 0 rings (SSSR count).